The molecule has 2 amide bonds. The second-order valence-corrected chi connectivity index (χ2v) is 9.34. The number of nitro groups is 1. The van der Waals surface area contributed by atoms with Gasteiger partial charge in [-0.25, -0.2) is 0 Å². The maximum atomic E-state index is 13.6. The molecule has 176 valence electrons. The zero-order chi connectivity index (χ0) is 24.1. The first-order valence-corrected chi connectivity index (χ1v) is 12.3. The lowest BCUT2D eigenvalue weighted by Gasteiger charge is -2.37. The molecule has 0 aliphatic carbocycles. The van der Waals surface area contributed by atoms with Crippen molar-refractivity contribution < 1.29 is 14.5 Å². The van der Waals surface area contributed by atoms with E-state index >= 15 is 0 Å². The molecule has 0 saturated heterocycles. The van der Waals surface area contributed by atoms with Crippen molar-refractivity contribution >= 4 is 28.8 Å². The van der Waals surface area contributed by atoms with Gasteiger partial charge < -0.3 is 9.80 Å². The van der Waals surface area contributed by atoms with Gasteiger partial charge >= 0.3 is 0 Å². The molecule has 1 aliphatic heterocycles. The highest BCUT2D eigenvalue weighted by molar-refractivity contribution is 7.10. The molecule has 3 aromatic rings. The van der Waals surface area contributed by atoms with Crippen molar-refractivity contribution in [3.05, 3.63) is 97.7 Å². The van der Waals surface area contributed by atoms with E-state index in [1.165, 1.54) is 28.0 Å². The van der Waals surface area contributed by atoms with Gasteiger partial charge in [-0.05, 0) is 41.5 Å². The molecule has 1 aromatic heterocycles. The Labute approximate surface area is 202 Å². The molecule has 0 saturated carbocycles. The van der Waals surface area contributed by atoms with Crippen LogP contribution >= 0.6 is 11.3 Å². The van der Waals surface area contributed by atoms with Crippen LogP contribution in [-0.4, -0.2) is 46.2 Å². The van der Waals surface area contributed by atoms with E-state index in [4.69, 9.17) is 0 Å². The van der Waals surface area contributed by atoms with Crippen molar-refractivity contribution in [3.8, 4) is 0 Å². The third kappa shape index (κ3) is 5.02. The van der Waals surface area contributed by atoms with Crippen molar-refractivity contribution in [1.29, 1.82) is 0 Å². The molecule has 2 heterocycles. The number of fused-ring (bicyclic) bond motifs is 1. The Morgan fingerprint density at radius 2 is 1.94 bits per heavy atom. The molecule has 8 heteroatoms. The largest absolute Gasteiger partial charge is 0.330 e. The van der Waals surface area contributed by atoms with Crippen LogP contribution in [0.3, 0.4) is 0 Å². The van der Waals surface area contributed by atoms with Gasteiger partial charge in [-0.1, -0.05) is 49.7 Å². The Hall–Kier alpha value is -3.52. The van der Waals surface area contributed by atoms with Crippen LogP contribution in [0.2, 0.25) is 0 Å². The van der Waals surface area contributed by atoms with Gasteiger partial charge in [0.25, 0.3) is 11.6 Å². The summed E-state index contributed by atoms with van der Waals surface area (Å²) in [5, 5.41) is 13.2. The van der Waals surface area contributed by atoms with Crippen molar-refractivity contribution in [2.24, 2.45) is 0 Å². The third-order valence-corrected chi connectivity index (χ3v) is 7.10. The summed E-state index contributed by atoms with van der Waals surface area (Å²) < 4.78 is 0. The summed E-state index contributed by atoms with van der Waals surface area (Å²) in [5.74, 6) is -0.490. The number of thiophene rings is 1. The van der Waals surface area contributed by atoms with Gasteiger partial charge in [0, 0.05) is 35.7 Å². The molecule has 2 aromatic carbocycles. The number of nitrogens with zero attached hydrogens (tertiary/aromatic N) is 3. The second-order valence-electron chi connectivity index (χ2n) is 8.34. The normalized spacial score (nSPS) is 15.0. The standard InChI is InChI=1S/C26H27N3O4S/c1-2-3-14-27(26(31)20-10-7-11-21(17-20)29(32)33)18-24(30)28-15-12-23-22(13-16-34-23)25(28)19-8-5-4-6-9-19/h4-11,13,16-17,25H,2-3,12,14-15,18H2,1H3. The fourth-order valence-electron chi connectivity index (χ4n) is 4.37. The van der Waals surface area contributed by atoms with E-state index in [-0.39, 0.29) is 35.7 Å². The van der Waals surface area contributed by atoms with Crippen LogP contribution in [0.4, 0.5) is 5.69 Å². The molecule has 1 aliphatic rings. The molecule has 0 N–H and O–H groups in total. The molecule has 0 bridgehead atoms. The molecule has 0 fully saturated rings. The lowest BCUT2D eigenvalue weighted by molar-refractivity contribution is -0.384. The zero-order valence-electron chi connectivity index (χ0n) is 19.1. The first-order valence-electron chi connectivity index (χ1n) is 11.4. The minimum Gasteiger partial charge on any atom is -0.330 e. The summed E-state index contributed by atoms with van der Waals surface area (Å²) in [6, 6.07) is 17.5. The number of hydrogen-bond acceptors (Lipinski definition) is 5. The van der Waals surface area contributed by atoms with Gasteiger partial charge in [-0.2, -0.15) is 0 Å². The van der Waals surface area contributed by atoms with Crippen LogP contribution in [0.1, 0.15) is 52.2 Å². The van der Waals surface area contributed by atoms with E-state index in [2.05, 4.69) is 11.4 Å². The Morgan fingerprint density at radius 1 is 1.15 bits per heavy atom. The fraction of sp³-hybridized carbons (Fsp3) is 0.308. The smallest absolute Gasteiger partial charge is 0.270 e. The maximum absolute atomic E-state index is 13.6. The van der Waals surface area contributed by atoms with Crippen LogP contribution < -0.4 is 0 Å². The predicted molar refractivity (Wildman–Crippen MR) is 132 cm³/mol. The molecule has 1 unspecified atom stereocenters. The fourth-order valence-corrected chi connectivity index (χ4v) is 5.27. The number of non-ortho nitro benzene ring substituents is 1. The molecule has 1 atom stereocenters. The first-order chi connectivity index (χ1) is 16.5. The Kier molecular flexibility index (Phi) is 7.37. The van der Waals surface area contributed by atoms with Gasteiger partial charge in [-0.3, -0.25) is 19.7 Å². The highest BCUT2D eigenvalue weighted by Gasteiger charge is 2.34. The predicted octanol–water partition coefficient (Wildman–Crippen LogP) is 5.07. The summed E-state index contributed by atoms with van der Waals surface area (Å²) >= 11 is 1.71. The highest BCUT2D eigenvalue weighted by atomic mass is 32.1. The van der Waals surface area contributed by atoms with Crippen LogP contribution in [-0.2, 0) is 11.2 Å². The summed E-state index contributed by atoms with van der Waals surface area (Å²) in [6.45, 7) is 2.95. The van der Waals surface area contributed by atoms with E-state index in [0.29, 0.717) is 13.1 Å². The summed E-state index contributed by atoms with van der Waals surface area (Å²) in [4.78, 5) is 42.2. The average Bonchev–Trinajstić information content (AvgIpc) is 3.35. The lowest BCUT2D eigenvalue weighted by Crippen LogP contribution is -2.47. The van der Waals surface area contributed by atoms with Gasteiger partial charge in [0.2, 0.25) is 5.91 Å². The third-order valence-electron chi connectivity index (χ3n) is 6.10. The number of unbranched alkanes of at least 4 members (excludes halogenated alkanes) is 1. The molecular weight excluding hydrogens is 450 g/mol. The topological polar surface area (TPSA) is 83.8 Å². The number of amides is 2. The zero-order valence-corrected chi connectivity index (χ0v) is 19.9. The molecule has 0 radical (unpaired) electrons. The van der Waals surface area contributed by atoms with E-state index in [9.17, 15) is 19.7 Å². The van der Waals surface area contributed by atoms with E-state index in [1.54, 1.807) is 17.4 Å². The molecule has 0 spiro atoms. The molecule has 34 heavy (non-hydrogen) atoms. The Bertz CT molecular complexity index is 1180. The van der Waals surface area contributed by atoms with Crippen LogP contribution in [0.5, 0.6) is 0 Å². The van der Waals surface area contributed by atoms with E-state index in [0.717, 1.165) is 30.4 Å². The maximum Gasteiger partial charge on any atom is 0.270 e. The van der Waals surface area contributed by atoms with Crippen LogP contribution in [0.15, 0.2) is 66.0 Å². The Morgan fingerprint density at radius 3 is 2.68 bits per heavy atom. The van der Waals surface area contributed by atoms with Gasteiger partial charge in [0.15, 0.2) is 0 Å². The second kappa shape index (κ2) is 10.6. The molecular formula is C26H27N3O4S. The number of nitro benzene ring substituents is 1. The number of carbonyl (C=O) groups excluding carboxylic acids is 2. The van der Waals surface area contributed by atoms with E-state index in [1.807, 2.05) is 42.2 Å². The summed E-state index contributed by atoms with van der Waals surface area (Å²) in [6.07, 6.45) is 2.39. The van der Waals surface area contributed by atoms with Crippen molar-refractivity contribution in [3.63, 3.8) is 0 Å². The van der Waals surface area contributed by atoms with Gasteiger partial charge in [0.05, 0.1) is 11.0 Å². The lowest BCUT2D eigenvalue weighted by atomic mass is 9.93. The van der Waals surface area contributed by atoms with Crippen molar-refractivity contribution in [2.75, 3.05) is 19.6 Å². The first kappa shape index (κ1) is 23.6. The number of hydrogen-bond donors (Lipinski definition) is 0. The minimum atomic E-state index is -0.519. The summed E-state index contributed by atoms with van der Waals surface area (Å²) in [5.41, 5.74) is 2.26. The number of benzene rings is 2. The summed E-state index contributed by atoms with van der Waals surface area (Å²) in [7, 11) is 0. The molecule has 4 rings (SSSR count). The van der Waals surface area contributed by atoms with Crippen LogP contribution in [0.25, 0.3) is 0 Å². The Balaban J connectivity index is 1.60. The van der Waals surface area contributed by atoms with Gasteiger partial charge in [-0.15, -0.1) is 11.3 Å². The number of rotatable bonds is 8. The van der Waals surface area contributed by atoms with Gasteiger partial charge in [0.1, 0.15) is 6.54 Å². The molecule has 7 nitrogen and oxygen atoms in total. The minimum absolute atomic E-state index is 0.0651. The van der Waals surface area contributed by atoms with Crippen molar-refractivity contribution in [2.45, 2.75) is 32.2 Å². The monoisotopic (exact) mass is 477 g/mol. The quantitative estimate of drug-likeness (QED) is 0.335. The van der Waals surface area contributed by atoms with E-state index < -0.39 is 4.92 Å². The van der Waals surface area contributed by atoms with Crippen LogP contribution in [0, 0.1) is 10.1 Å². The average molecular weight is 478 g/mol. The SMILES string of the molecule is CCCCN(CC(=O)N1CCc2sccc2C1c1ccccc1)C(=O)c1cccc([N+](=O)[O-])c1. The highest BCUT2D eigenvalue weighted by Crippen LogP contribution is 2.37. The number of carbonyl (C=O) groups is 2. The van der Waals surface area contributed by atoms with Crippen molar-refractivity contribution in [1.82, 2.24) is 9.80 Å².